The topological polar surface area (TPSA) is 105 Å². The van der Waals surface area contributed by atoms with Crippen molar-refractivity contribution in [1.29, 1.82) is 0 Å². The lowest BCUT2D eigenvalue weighted by Gasteiger charge is -2.13. The molecular weight excluding hydrogens is 270 g/mol. The van der Waals surface area contributed by atoms with Crippen LogP contribution in [0.15, 0.2) is 30.3 Å². The fourth-order valence-electron chi connectivity index (χ4n) is 2.10. The molecule has 1 aromatic heterocycles. The van der Waals surface area contributed by atoms with E-state index < -0.39 is 17.9 Å². The SMILES string of the molecule is CCCC(NC(=O)c1cc(N)c2ccccc2n1)C(=O)O. The third-order valence-corrected chi connectivity index (χ3v) is 3.16. The Balaban J connectivity index is 2.29. The lowest BCUT2D eigenvalue weighted by molar-refractivity contribution is -0.139. The smallest absolute Gasteiger partial charge is 0.326 e. The summed E-state index contributed by atoms with van der Waals surface area (Å²) in [7, 11) is 0. The summed E-state index contributed by atoms with van der Waals surface area (Å²) in [6.45, 7) is 1.86. The van der Waals surface area contributed by atoms with Crippen molar-refractivity contribution in [3.63, 3.8) is 0 Å². The molecule has 1 heterocycles. The van der Waals surface area contributed by atoms with E-state index in [4.69, 9.17) is 10.8 Å². The third-order valence-electron chi connectivity index (χ3n) is 3.16. The summed E-state index contributed by atoms with van der Waals surface area (Å²) >= 11 is 0. The molecule has 0 spiro atoms. The van der Waals surface area contributed by atoms with Gasteiger partial charge in [-0.25, -0.2) is 9.78 Å². The summed E-state index contributed by atoms with van der Waals surface area (Å²) < 4.78 is 0. The number of amides is 1. The molecule has 1 aromatic carbocycles. The van der Waals surface area contributed by atoms with Crippen molar-refractivity contribution in [3.05, 3.63) is 36.0 Å². The van der Waals surface area contributed by atoms with E-state index in [1.54, 1.807) is 12.1 Å². The zero-order valence-electron chi connectivity index (χ0n) is 11.7. The first-order chi connectivity index (χ1) is 10.0. The maximum atomic E-state index is 12.1. The fourth-order valence-corrected chi connectivity index (χ4v) is 2.10. The molecule has 0 aliphatic rings. The predicted molar refractivity (Wildman–Crippen MR) is 80.0 cm³/mol. The van der Waals surface area contributed by atoms with Gasteiger partial charge in [0.1, 0.15) is 11.7 Å². The van der Waals surface area contributed by atoms with Gasteiger partial charge in [-0.15, -0.1) is 0 Å². The molecule has 0 radical (unpaired) electrons. The zero-order valence-corrected chi connectivity index (χ0v) is 11.7. The molecule has 1 atom stereocenters. The Bertz CT molecular complexity index is 685. The molecule has 2 aromatic rings. The van der Waals surface area contributed by atoms with Crippen molar-refractivity contribution in [1.82, 2.24) is 10.3 Å². The van der Waals surface area contributed by atoms with Crippen molar-refractivity contribution in [2.24, 2.45) is 0 Å². The zero-order chi connectivity index (χ0) is 15.4. The number of pyridine rings is 1. The Morgan fingerprint density at radius 1 is 1.38 bits per heavy atom. The van der Waals surface area contributed by atoms with Crippen LogP contribution in [0.4, 0.5) is 5.69 Å². The van der Waals surface area contributed by atoms with Gasteiger partial charge in [0.05, 0.1) is 5.52 Å². The standard InChI is InChI=1S/C15H17N3O3/c1-2-5-12(15(20)21)18-14(19)13-8-10(16)9-6-3-4-7-11(9)17-13/h3-4,6-8,12H,2,5H2,1H3,(H2,16,17)(H,18,19)(H,20,21). The number of nitrogens with zero attached hydrogens (tertiary/aromatic N) is 1. The van der Waals surface area contributed by atoms with Crippen molar-refractivity contribution in [3.8, 4) is 0 Å². The first-order valence-electron chi connectivity index (χ1n) is 6.72. The van der Waals surface area contributed by atoms with Crippen LogP contribution in [0.2, 0.25) is 0 Å². The highest BCUT2D eigenvalue weighted by Gasteiger charge is 2.20. The maximum absolute atomic E-state index is 12.1. The number of para-hydroxylation sites is 1. The second-order valence-corrected chi connectivity index (χ2v) is 4.77. The van der Waals surface area contributed by atoms with Gasteiger partial charge in [-0.05, 0) is 18.6 Å². The highest BCUT2D eigenvalue weighted by Crippen LogP contribution is 2.20. The molecule has 0 saturated carbocycles. The van der Waals surface area contributed by atoms with Gasteiger partial charge in [0.15, 0.2) is 0 Å². The van der Waals surface area contributed by atoms with Crippen LogP contribution in [0.1, 0.15) is 30.3 Å². The maximum Gasteiger partial charge on any atom is 0.326 e. The minimum atomic E-state index is -1.06. The number of nitrogens with one attached hydrogen (secondary N) is 1. The Labute approximate surface area is 122 Å². The number of rotatable bonds is 5. The van der Waals surface area contributed by atoms with Crippen molar-refractivity contribution < 1.29 is 14.7 Å². The van der Waals surface area contributed by atoms with Gasteiger partial charge in [0, 0.05) is 11.1 Å². The Hall–Kier alpha value is -2.63. The number of fused-ring (bicyclic) bond motifs is 1. The number of aliphatic carboxylic acids is 1. The van der Waals surface area contributed by atoms with Gasteiger partial charge in [-0.3, -0.25) is 4.79 Å². The average molecular weight is 287 g/mol. The first kappa shape index (κ1) is 14.8. The van der Waals surface area contributed by atoms with E-state index in [-0.39, 0.29) is 5.69 Å². The quantitative estimate of drug-likeness (QED) is 0.777. The number of nitrogens with two attached hydrogens (primary N) is 1. The van der Waals surface area contributed by atoms with Crippen LogP contribution in [0, 0.1) is 0 Å². The van der Waals surface area contributed by atoms with Crippen LogP contribution in [-0.4, -0.2) is 28.0 Å². The number of carbonyl (C=O) groups is 2. The Morgan fingerprint density at radius 2 is 2.10 bits per heavy atom. The number of aromatic nitrogens is 1. The van der Waals surface area contributed by atoms with Gasteiger partial charge >= 0.3 is 5.97 Å². The summed E-state index contributed by atoms with van der Waals surface area (Å²) in [5.41, 5.74) is 7.07. The summed E-state index contributed by atoms with van der Waals surface area (Å²) in [5, 5.41) is 12.3. The number of anilines is 1. The van der Waals surface area contributed by atoms with Gasteiger partial charge in [-0.1, -0.05) is 31.5 Å². The molecule has 0 aliphatic heterocycles. The van der Waals surface area contributed by atoms with Crippen LogP contribution >= 0.6 is 0 Å². The van der Waals surface area contributed by atoms with Crippen molar-refractivity contribution in [2.75, 3.05) is 5.73 Å². The first-order valence-corrected chi connectivity index (χ1v) is 6.72. The van der Waals surface area contributed by atoms with E-state index >= 15 is 0 Å². The Morgan fingerprint density at radius 3 is 2.76 bits per heavy atom. The fraction of sp³-hybridized carbons (Fsp3) is 0.267. The van der Waals surface area contributed by atoms with E-state index in [0.717, 1.165) is 5.39 Å². The van der Waals surface area contributed by atoms with E-state index in [0.29, 0.717) is 24.0 Å². The van der Waals surface area contributed by atoms with E-state index in [1.807, 2.05) is 19.1 Å². The van der Waals surface area contributed by atoms with Crippen LogP contribution in [-0.2, 0) is 4.79 Å². The second kappa shape index (κ2) is 6.21. The predicted octanol–water partition coefficient (Wildman–Crippen LogP) is 1.80. The molecule has 0 aliphatic carbocycles. The lowest BCUT2D eigenvalue weighted by Crippen LogP contribution is -2.41. The number of nitrogen functional groups attached to an aromatic ring is 1. The number of carboxylic acids is 1. The minimum Gasteiger partial charge on any atom is -0.480 e. The monoisotopic (exact) mass is 287 g/mol. The summed E-state index contributed by atoms with van der Waals surface area (Å²) in [5.74, 6) is -1.59. The number of carboxylic acid groups (broad SMARTS) is 1. The van der Waals surface area contributed by atoms with Crippen LogP contribution in [0.25, 0.3) is 10.9 Å². The largest absolute Gasteiger partial charge is 0.480 e. The lowest BCUT2D eigenvalue weighted by atomic mass is 10.1. The molecule has 2 rings (SSSR count). The molecule has 1 unspecified atom stereocenters. The normalized spacial score (nSPS) is 12.0. The summed E-state index contributed by atoms with van der Waals surface area (Å²) in [6, 6.07) is 7.74. The van der Waals surface area contributed by atoms with Crippen molar-refractivity contribution in [2.45, 2.75) is 25.8 Å². The summed E-state index contributed by atoms with van der Waals surface area (Å²) in [6.07, 6.45) is 1.02. The van der Waals surface area contributed by atoms with Crippen LogP contribution < -0.4 is 11.1 Å². The molecule has 6 heteroatoms. The average Bonchev–Trinajstić information content (AvgIpc) is 2.46. The molecule has 110 valence electrons. The minimum absolute atomic E-state index is 0.119. The van der Waals surface area contributed by atoms with E-state index in [9.17, 15) is 9.59 Å². The Kier molecular flexibility index (Phi) is 4.37. The number of carbonyl (C=O) groups excluding carboxylic acids is 1. The molecule has 0 bridgehead atoms. The molecule has 21 heavy (non-hydrogen) atoms. The van der Waals surface area contributed by atoms with E-state index in [2.05, 4.69) is 10.3 Å². The van der Waals surface area contributed by atoms with Crippen molar-refractivity contribution >= 4 is 28.5 Å². The van der Waals surface area contributed by atoms with E-state index in [1.165, 1.54) is 6.07 Å². The number of hydrogen-bond acceptors (Lipinski definition) is 4. The van der Waals surface area contributed by atoms with Crippen LogP contribution in [0.5, 0.6) is 0 Å². The number of benzene rings is 1. The van der Waals surface area contributed by atoms with Gasteiger partial charge in [0.2, 0.25) is 0 Å². The highest BCUT2D eigenvalue weighted by atomic mass is 16.4. The summed E-state index contributed by atoms with van der Waals surface area (Å²) in [4.78, 5) is 27.4. The molecule has 4 N–H and O–H groups in total. The molecule has 0 fully saturated rings. The van der Waals surface area contributed by atoms with Gasteiger partial charge < -0.3 is 16.2 Å². The number of hydrogen-bond donors (Lipinski definition) is 3. The molecule has 0 saturated heterocycles. The van der Waals surface area contributed by atoms with Gasteiger partial charge in [-0.2, -0.15) is 0 Å². The van der Waals surface area contributed by atoms with Gasteiger partial charge in [0.25, 0.3) is 5.91 Å². The third kappa shape index (κ3) is 3.28. The molecule has 1 amide bonds. The highest BCUT2D eigenvalue weighted by molar-refractivity contribution is 6.00. The molecular formula is C15H17N3O3. The second-order valence-electron chi connectivity index (χ2n) is 4.77. The molecule has 6 nitrogen and oxygen atoms in total. The van der Waals surface area contributed by atoms with Crippen LogP contribution in [0.3, 0.4) is 0 Å².